The Morgan fingerprint density at radius 3 is 2.72 bits per heavy atom. The van der Waals surface area contributed by atoms with Crippen LogP contribution in [0.15, 0.2) is 24.3 Å². The molecule has 2 atom stereocenters. The number of nitrogens with zero attached hydrogens (tertiary/aromatic N) is 1. The highest BCUT2D eigenvalue weighted by atomic mass is 31.2. The zero-order valence-corrected chi connectivity index (χ0v) is 15.9. The molecule has 25 heavy (non-hydrogen) atoms. The average molecular weight is 362 g/mol. The molecule has 1 saturated heterocycles. The fourth-order valence-electron chi connectivity index (χ4n) is 4.59. The van der Waals surface area contributed by atoms with Crippen LogP contribution in [0.3, 0.4) is 0 Å². The molecule has 4 rings (SSSR count). The van der Waals surface area contributed by atoms with Gasteiger partial charge in [-0.15, -0.1) is 0 Å². The molecule has 0 radical (unpaired) electrons. The molecule has 5 nitrogen and oxygen atoms in total. The maximum atomic E-state index is 13.6. The van der Waals surface area contributed by atoms with E-state index in [9.17, 15) is 4.57 Å². The van der Waals surface area contributed by atoms with Gasteiger partial charge in [0.2, 0.25) is 0 Å². The second-order valence-electron chi connectivity index (χ2n) is 6.88. The summed E-state index contributed by atoms with van der Waals surface area (Å²) in [6, 6.07) is 8.55. The van der Waals surface area contributed by atoms with Gasteiger partial charge >= 0.3 is 7.60 Å². The maximum absolute atomic E-state index is 13.6. The van der Waals surface area contributed by atoms with E-state index in [4.69, 9.17) is 9.05 Å². The van der Waals surface area contributed by atoms with Crippen LogP contribution in [0.2, 0.25) is 0 Å². The first-order valence-electron chi connectivity index (χ1n) is 9.40. The molecule has 0 amide bonds. The number of fused-ring (bicyclic) bond motifs is 5. The Bertz CT molecular complexity index is 793. The van der Waals surface area contributed by atoms with Crippen LogP contribution in [-0.4, -0.2) is 41.8 Å². The Kier molecular flexibility index (Phi) is 4.76. The highest BCUT2D eigenvalue weighted by Gasteiger charge is 2.48. The Hall–Kier alpha value is -1.13. The first kappa shape index (κ1) is 17.3. The lowest BCUT2D eigenvalue weighted by Crippen LogP contribution is -2.46. The number of aromatic amines is 1. The summed E-state index contributed by atoms with van der Waals surface area (Å²) in [6.45, 7) is 6.67. The van der Waals surface area contributed by atoms with E-state index in [2.05, 4.69) is 34.1 Å². The van der Waals surface area contributed by atoms with E-state index in [1.165, 1.54) is 22.2 Å². The van der Waals surface area contributed by atoms with E-state index in [0.29, 0.717) is 13.2 Å². The number of aromatic nitrogens is 1. The second-order valence-corrected chi connectivity index (χ2v) is 9.14. The average Bonchev–Trinajstić information content (AvgIpc) is 3.00. The Morgan fingerprint density at radius 2 is 1.96 bits per heavy atom. The minimum atomic E-state index is -3.14. The van der Waals surface area contributed by atoms with E-state index in [-0.39, 0.29) is 11.7 Å². The van der Waals surface area contributed by atoms with Gasteiger partial charge in [0.1, 0.15) is 0 Å². The number of hydrogen-bond donors (Lipinski definition) is 1. The number of piperidine rings is 1. The number of rotatable bonds is 5. The van der Waals surface area contributed by atoms with Gasteiger partial charge in [0.25, 0.3) is 0 Å². The third-order valence-corrected chi connectivity index (χ3v) is 8.11. The van der Waals surface area contributed by atoms with Crippen molar-refractivity contribution in [1.29, 1.82) is 0 Å². The van der Waals surface area contributed by atoms with Crippen molar-refractivity contribution >= 4 is 18.5 Å². The van der Waals surface area contributed by atoms with Gasteiger partial charge in [-0.3, -0.25) is 9.46 Å². The molecule has 2 aliphatic heterocycles. The smallest absolute Gasteiger partial charge is 0.335 e. The van der Waals surface area contributed by atoms with Crippen molar-refractivity contribution < 1.29 is 13.6 Å². The van der Waals surface area contributed by atoms with Gasteiger partial charge in [-0.05, 0) is 51.3 Å². The fourth-order valence-corrected chi connectivity index (χ4v) is 6.95. The molecule has 0 unspecified atom stereocenters. The number of benzene rings is 1. The van der Waals surface area contributed by atoms with E-state index in [1.807, 2.05) is 13.8 Å². The Morgan fingerprint density at radius 1 is 1.20 bits per heavy atom. The maximum Gasteiger partial charge on any atom is 0.335 e. The SMILES string of the molecule is CCOP(=O)(OCC)[C@H]1CCCN2CCc3c([nH]c4ccccc34)[C@H]12. The van der Waals surface area contributed by atoms with Crippen molar-refractivity contribution in [2.24, 2.45) is 0 Å². The molecule has 3 heterocycles. The molecule has 136 valence electrons. The quantitative estimate of drug-likeness (QED) is 0.796. The first-order chi connectivity index (χ1) is 12.2. The summed E-state index contributed by atoms with van der Waals surface area (Å²) in [5.74, 6) is 0. The molecule has 2 aromatic rings. The lowest BCUT2D eigenvalue weighted by atomic mass is 9.90. The van der Waals surface area contributed by atoms with Gasteiger partial charge in [0, 0.05) is 23.1 Å². The number of hydrogen-bond acceptors (Lipinski definition) is 4. The van der Waals surface area contributed by atoms with Gasteiger partial charge in [-0.25, -0.2) is 0 Å². The summed E-state index contributed by atoms with van der Waals surface area (Å²) in [4.78, 5) is 6.10. The van der Waals surface area contributed by atoms with Crippen molar-refractivity contribution in [3.63, 3.8) is 0 Å². The number of para-hydroxylation sites is 1. The van der Waals surface area contributed by atoms with Crippen molar-refractivity contribution in [1.82, 2.24) is 9.88 Å². The van der Waals surface area contributed by atoms with Crippen LogP contribution >= 0.6 is 7.60 Å². The van der Waals surface area contributed by atoms with Gasteiger partial charge in [-0.2, -0.15) is 0 Å². The van der Waals surface area contributed by atoms with Crippen LogP contribution in [0.1, 0.15) is 44.0 Å². The molecule has 0 aliphatic carbocycles. The molecular weight excluding hydrogens is 335 g/mol. The molecule has 1 aromatic carbocycles. The minimum Gasteiger partial charge on any atom is -0.357 e. The highest BCUT2D eigenvalue weighted by Crippen LogP contribution is 2.61. The van der Waals surface area contributed by atoms with Gasteiger partial charge in [0.05, 0.1) is 24.9 Å². The Labute approximate surface area is 149 Å². The van der Waals surface area contributed by atoms with Crippen LogP contribution in [0.4, 0.5) is 0 Å². The van der Waals surface area contributed by atoms with Crippen LogP contribution in [0.5, 0.6) is 0 Å². The third-order valence-electron chi connectivity index (χ3n) is 5.52. The molecule has 1 N–H and O–H groups in total. The normalized spacial score (nSPS) is 24.2. The van der Waals surface area contributed by atoms with Crippen molar-refractivity contribution in [3.05, 3.63) is 35.5 Å². The van der Waals surface area contributed by atoms with Crippen LogP contribution < -0.4 is 0 Å². The molecule has 0 spiro atoms. The molecule has 2 aliphatic rings. The van der Waals surface area contributed by atoms with Gasteiger partial charge < -0.3 is 14.0 Å². The van der Waals surface area contributed by atoms with Crippen molar-refractivity contribution in [2.75, 3.05) is 26.3 Å². The number of nitrogens with one attached hydrogen (secondary N) is 1. The summed E-state index contributed by atoms with van der Waals surface area (Å²) >= 11 is 0. The molecular formula is C19H27N2O3P. The first-order valence-corrected chi connectivity index (χ1v) is 11.0. The molecule has 0 bridgehead atoms. The third kappa shape index (κ3) is 2.87. The Balaban J connectivity index is 1.81. The fraction of sp³-hybridized carbons (Fsp3) is 0.579. The van der Waals surface area contributed by atoms with Crippen LogP contribution in [0, 0.1) is 0 Å². The zero-order chi connectivity index (χ0) is 17.4. The zero-order valence-electron chi connectivity index (χ0n) is 15.0. The van der Waals surface area contributed by atoms with Crippen molar-refractivity contribution in [2.45, 2.75) is 44.8 Å². The van der Waals surface area contributed by atoms with Crippen molar-refractivity contribution in [3.8, 4) is 0 Å². The van der Waals surface area contributed by atoms with Crippen LogP contribution in [0.25, 0.3) is 10.9 Å². The summed E-state index contributed by atoms with van der Waals surface area (Å²) in [7, 11) is -3.14. The van der Waals surface area contributed by atoms with Crippen LogP contribution in [-0.2, 0) is 20.0 Å². The number of H-pyrrole nitrogens is 1. The summed E-state index contributed by atoms with van der Waals surface area (Å²) in [5.41, 5.74) is 3.66. The predicted molar refractivity (Wildman–Crippen MR) is 100 cm³/mol. The van der Waals surface area contributed by atoms with E-state index in [0.717, 1.165) is 32.4 Å². The molecule has 0 saturated carbocycles. The van der Waals surface area contributed by atoms with E-state index in [1.54, 1.807) is 0 Å². The second kappa shape index (κ2) is 6.88. The van der Waals surface area contributed by atoms with Gasteiger partial charge in [-0.1, -0.05) is 18.2 Å². The lowest BCUT2D eigenvalue weighted by Gasteiger charge is -2.45. The summed E-state index contributed by atoms with van der Waals surface area (Å²) < 4.78 is 25.0. The standard InChI is InChI=1S/C19H27N2O3P/c1-3-23-25(22,24-4-2)17-10-7-12-21-13-11-15-14-8-5-6-9-16(14)20-18(15)19(17)21/h5-6,8-9,17,19-20H,3-4,7,10-13H2,1-2H3/t17-,19-/m0/s1. The van der Waals surface area contributed by atoms with E-state index < -0.39 is 7.60 Å². The summed E-state index contributed by atoms with van der Waals surface area (Å²) in [5, 5.41) is 1.30. The minimum absolute atomic E-state index is 0.0915. The van der Waals surface area contributed by atoms with E-state index >= 15 is 0 Å². The topological polar surface area (TPSA) is 54.6 Å². The lowest BCUT2D eigenvalue weighted by molar-refractivity contribution is 0.115. The monoisotopic (exact) mass is 362 g/mol. The largest absolute Gasteiger partial charge is 0.357 e. The highest BCUT2D eigenvalue weighted by molar-refractivity contribution is 7.54. The summed E-state index contributed by atoms with van der Waals surface area (Å²) in [6.07, 6.45) is 2.96. The molecule has 1 fully saturated rings. The molecule has 1 aromatic heterocycles. The van der Waals surface area contributed by atoms with Gasteiger partial charge in [0.15, 0.2) is 0 Å². The molecule has 6 heteroatoms. The predicted octanol–water partition coefficient (Wildman–Crippen LogP) is 4.50.